The number of carbonyl (C=O) groups is 2. The lowest BCUT2D eigenvalue weighted by Gasteiger charge is -2.15. The minimum atomic E-state index is -2.97. The van der Waals surface area contributed by atoms with Crippen LogP contribution in [0.5, 0.6) is 5.75 Å². The van der Waals surface area contributed by atoms with Gasteiger partial charge >= 0.3 is 12.6 Å². The molecule has 1 aliphatic carbocycles. The molecule has 5 nitrogen and oxygen atoms in total. The van der Waals surface area contributed by atoms with E-state index in [4.69, 9.17) is 0 Å². The number of nitrogens with one attached hydrogen (secondary N) is 1. The van der Waals surface area contributed by atoms with E-state index >= 15 is 0 Å². The van der Waals surface area contributed by atoms with Gasteiger partial charge in [-0.2, -0.15) is 8.78 Å². The van der Waals surface area contributed by atoms with Gasteiger partial charge in [0.15, 0.2) is 0 Å². The zero-order valence-corrected chi connectivity index (χ0v) is 13.7. The fourth-order valence-corrected chi connectivity index (χ4v) is 2.74. The van der Waals surface area contributed by atoms with Gasteiger partial charge in [-0.15, -0.1) is 0 Å². The highest BCUT2D eigenvalue weighted by Crippen LogP contribution is 2.46. The van der Waals surface area contributed by atoms with Crippen molar-refractivity contribution in [3.8, 4) is 5.75 Å². The van der Waals surface area contributed by atoms with Gasteiger partial charge < -0.3 is 15.2 Å². The van der Waals surface area contributed by atoms with Gasteiger partial charge in [0.1, 0.15) is 11.2 Å². The molecule has 26 heavy (non-hydrogen) atoms. The summed E-state index contributed by atoms with van der Waals surface area (Å²) in [6, 6.07) is 13.5. The monoisotopic (exact) mass is 361 g/mol. The van der Waals surface area contributed by atoms with Gasteiger partial charge in [0.05, 0.1) is 0 Å². The quantitative estimate of drug-likeness (QED) is 0.738. The van der Waals surface area contributed by atoms with Crippen molar-refractivity contribution < 1.29 is 28.2 Å². The zero-order valence-electron chi connectivity index (χ0n) is 13.7. The molecule has 0 spiro atoms. The lowest BCUT2D eigenvalue weighted by Crippen LogP contribution is -2.31. The highest BCUT2D eigenvalue weighted by Gasteiger charge is 2.57. The molecule has 136 valence electrons. The van der Waals surface area contributed by atoms with E-state index < -0.39 is 23.9 Å². The Morgan fingerprint density at radius 3 is 2.42 bits per heavy atom. The minimum Gasteiger partial charge on any atom is -0.480 e. The van der Waals surface area contributed by atoms with Crippen molar-refractivity contribution >= 4 is 17.6 Å². The molecule has 1 fully saturated rings. The second-order valence-electron chi connectivity index (χ2n) is 6.20. The molecule has 2 N–H and O–H groups in total. The third kappa shape index (κ3) is 3.82. The number of hydrogen-bond acceptors (Lipinski definition) is 3. The highest BCUT2D eigenvalue weighted by molar-refractivity contribution is 6.10. The molecule has 2 aromatic rings. The average Bonchev–Trinajstić information content (AvgIpc) is 3.40. The minimum absolute atomic E-state index is 0.0150. The number of carbonyl (C=O) groups excluding carboxylic acids is 1. The van der Waals surface area contributed by atoms with Crippen molar-refractivity contribution in [3.63, 3.8) is 0 Å². The number of anilines is 1. The van der Waals surface area contributed by atoms with Crippen LogP contribution in [0.3, 0.4) is 0 Å². The summed E-state index contributed by atoms with van der Waals surface area (Å²) in [5, 5.41) is 11.8. The summed E-state index contributed by atoms with van der Waals surface area (Å²) in [5.41, 5.74) is 0.321. The van der Waals surface area contributed by atoms with Crippen molar-refractivity contribution in [3.05, 3.63) is 59.7 Å². The Bertz CT molecular complexity index is 820. The molecule has 0 atom stereocenters. The van der Waals surface area contributed by atoms with Crippen molar-refractivity contribution in [2.45, 2.75) is 25.9 Å². The van der Waals surface area contributed by atoms with E-state index in [-0.39, 0.29) is 18.6 Å². The molecule has 0 unspecified atom stereocenters. The first-order chi connectivity index (χ1) is 12.4. The highest BCUT2D eigenvalue weighted by atomic mass is 19.3. The van der Waals surface area contributed by atoms with Crippen LogP contribution in [-0.4, -0.2) is 23.6 Å². The van der Waals surface area contributed by atoms with E-state index in [1.54, 1.807) is 0 Å². The van der Waals surface area contributed by atoms with Gasteiger partial charge in [-0.3, -0.25) is 9.59 Å². The lowest BCUT2D eigenvalue weighted by atomic mass is 10.0. The summed E-state index contributed by atoms with van der Waals surface area (Å²) in [7, 11) is 0. The summed E-state index contributed by atoms with van der Waals surface area (Å²) in [5.74, 6) is -1.74. The molecule has 0 aliphatic heterocycles. The Morgan fingerprint density at radius 1 is 1.15 bits per heavy atom. The molecule has 0 bridgehead atoms. The molecule has 1 aliphatic rings. The molecular weight excluding hydrogens is 344 g/mol. The van der Waals surface area contributed by atoms with E-state index in [1.807, 2.05) is 30.3 Å². The Hall–Kier alpha value is -2.96. The van der Waals surface area contributed by atoms with Crippen LogP contribution in [0.1, 0.15) is 24.0 Å². The summed E-state index contributed by atoms with van der Waals surface area (Å²) < 4.78 is 29.8. The maximum absolute atomic E-state index is 12.6. The van der Waals surface area contributed by atoms with Crippen LogP contribution in [-0.2, 0) is 16.0 Å². The predicted molar refractivity (Wildman–Crippen MR) is 90.3 cm³/mol. The molecule has 0 heterocycles. The van der Waals surface area contributed by atoms with Gasteiger partial charge in [-0.25, -0.2) is 0 Å². The van der Waals surface area contributed by atoms with Crippen LogP contribution in [0.4, 0.5) is 14.5 Å². The van der Waals surface area contributed by atoms with Crippen molar-refractivity contribution in [1.82, 2.24) is 0 Å². The number of carboxylic acids is 1. The van der Waals surface area contributed by atoms with Gasteiger partial charge in [-0.1, -0.05) is 30.3 Å². The van der Waals surface area contributed by atoms with Gasteiger partial charge in [0.2, 0.25) is 5.91 Å². The third-order valence-corrected chi connectivity index (χ3v) is 4.37. The number of halogens is 2. The molecule has 0 radical (unpaired) electrons. The van der Waals surface area contributed by atoms with E-state index in [2.05, 4.69) is 10.1 Å². The summed E-state index contributed by atoms with van der Waals surface area (Å²) >= 11 is 0. The first kappa shape index (κ1) is 17.8. The number of amides is 1. The third-order valence-electron chi connectivity index (χ3n) is 4.37. The maximum Gasteiger partial charge on any atom is 0.387 e. The van der Waals surface area contributed by atoms with E-state index in [1.165, 1.54) is 18.2 Å². The standard InChI is InChI=1S/C19H17F2NO4/c20-18(21)26-15-7-6-14(22-16(23)19(8-9-19)17(24)25)11-13(15)10-12-4-2-1-3-5-12/h1-7,11,18H,8-10H2,(H,22,23)(H,24,25). The van der Waals surface area contributed by atoms with Crippen LogP contribution in [0.2, 0.25) is 0 Å². The normalized spacial score (nSPS) is 14.7. The Morgan fingerprint density at radius 2 is 1.85 bits per heavy atom. The topological polar surface area (TPSA) is 75.6 Å². The van der Waals surface area contributed by atoms with Crippen LogP contribution in [0.25, 0.3) is 0 Å². The van der Waals surface area contributed by atoms with Gasteiger partial charge in [-0.05, 0) is 36.6 Å². The van der Waals surface area contributed by atoms with E-state index in [9.17, 15) is 23.5 Å². The van der Waals surface area contributed by atoms with Crippen molar-refractivity contribution in [2.75, 3.05) is 5.32 Å². The van der Waals surface area contributed by atoms with Crippen LogP contribution in [0, 0.1) is 5.41 Å². The summed E-state index contributed by atoms with van der Waals surface area (Å²) in [4.78, 5) is 23.5. The summed E-state index contributed by atoms with van der Waals surface area (Å²) in [6.07, 6.45) is 0.909. The maximum atomic E-state index is 12.6. The summed E-state index contributed by atoms with van der Waals surface area (Å²) in [6.45, 7) is -2.97. The number of aliphatic carboxylic acids is 1. The van der Waals surface area contributed by atoms with Crippen molar-refractivity contribution in [2.24, 2.45) is 5.41 Å². The molecule has 0 saturated heterocycles. The van der Waals surface area contributed by atoms with Crippen LogP contribution in [0.15, 0.2) is 48.5 Å². The van der Waals surface area contributed by atoms with Gasteiger partial charge in [0, 0.05) is 17.7 Å². The molecule has 0 aromatic heterocycles. The van der Waals surface area contributed by atoms with Crippen LogP contribution >= 0.6 is 0 Å². The number of carboxylic acid groups (broad SMARTS) is 1. The van der Waals surface area contributed by atoms with Crippen LogP contribution < -0.4 is 10.1 Å². The number of rotatable bonds is 7. The Kier molecular flexibility index (Phi) is 4.88. The number of hydrogen-bond donors (Lipinski definition) is 2. The van der Waals surface area contributed by atoms with Gasteiger partial charge in [0.25, 0.3) is 0 Å². The fraction of sp³-hybridized carbons (Fsp3) is 0.263. The zero-order chi connectivity index (χ0) is 18.7. The molecular formula is C19H17F2NO4. The SMILES string of the molecule is O=C(O)C1(C(=O)Nc2ccc(OC(F)F)c(Cc3ccccc3)c2)CC1. The second kappa shape index (κ2) is 7.11. The smallest absolute Gasteiger partial charge is 0.387 e. The predicted octanol–water partition coefficient (Wildman–Crippen LogP) is 3.68. The Balaban J connectivity index is 1.84. The molecule has 3 rings (SSSR count). The van der Waals surface area contributed by atoms with Crippen molar-refractivity contribution in [1.29, 1.82) is 0 Å². The number of alkyl halides is 2. The van der Waals surface area contributed by atoms with E-state index in [0.717, 1.165) is 5.56 Å². The average molecular weight is 361 g/mol. The molecule has 1 amide bonds. The largest absolute Gasteiger partial charge is 0.480 e. The lowest BCUT2D eigenvalue weighted by molar-refractivity contribution is -0.147. The number of ether oxygens (including phenoxy) is 1. The molecule has 1 saturated carbocycles. The second-order valence-corrected chi connectivity index (χ2v) is 6.20. The fourth-order valence-electron chi connectivity index (χ4n) is 2.74. The molecule has 7 heteroatoms. The van der Waals surface area contributed by atoms with E-state index in [0.29, 0.717) is 17.7 Å². The Labute approximate surface area is 148 Å². The first-order valence-electron chi connectivity index (χ1n) is 8.07. The molecule has 2 aromatic carbocycles. The first-order valence-corrected chi connectivity index (χ1v) is 8.07. The number of benzene rings is 2.